The molecule has 3 heterocycles. The number of hydrogen-bond acceptors (Lipinski definition) is 6. The first-order chi connectivity index (χ1) is 12.9. The third-order valence-electron chi connectivity index (χ3n) is 4.94. The van der Waals surface area contributed by atoms with Crippen LogP contribution in [0.1, 0.15) is 42.7 Å². The summed E-state index contributed by atoms with van der Waals surface area (Å²) in [7, 11) is -3.74. The van der Waals surface area contributed by atoms with E-state index in [2.05, 4.69) is 10.3 Å². The summed E-state index contributed by atoms with van der Waals surface area (Å²) in [4.78, 5) is 18.7. The van der Waals surface area contributed by atoms with Crippen LogP contribution >= 0.6 is 34.3 Å². The van der Waals surface area contributed by atoms with Crippen molar-refractivity contribution in [3.05, 3.63) is 27.0 Å². The molecule has 0 saturated carbocycles. The van der Waals surface area contributed by atoms with E-state index in [-0.39, 0.29) is 10.1 Å². The summed E-state index contributed by atoms with van der Waals surface area (Å²) in [6.07, 6.45) is 6.31. The second-order valence-corrected chi connectivity index (χ2v) is 11.7. The molecule has 27 heavy (non-hydrogen) atoms. The smallest absolute Gasteiger partial charge is 0.253 e. The van der Waals surface area contributed by atoms with Crippen molar-refractivity contribution in [1.29, 1.82) is 0 Å². The van der Waals surface area contributed by atoms with Gasteiger partial charge in [-0.2, -0.15) is 4.31 Å². The Kier molecular flexibility index (Phi) is 5.57. The van der Waals surface area contributed by atoms with Crippen LogP contribution in [0.3, 0.4) is 0 Å². The van der Waals surface area contributed by atoms with E-state index in [0.717, 1.165) is 55.6 Å². The zero-order valence-electron chi connectivity index (χ0n) is 14.6. The van der Waals surface area contributed by atoms with E-state index in [0.29, 0.717) is 22.4 Å². The van der Waals surface area contributed by atoms with Gasteiger partial charge in [-0.05, 0) is 50.7 Å². The van der Waals surface area contributed by atoms with E-state index in [1.165, 1.54) is 26.6 Å². The predicted molar refractivity (Wildman–Crippen MR) is 108 cm³/mol. The van der Waals surface area contributed by atoms with Crippen LogP contribution in [-0.2, 0) is 27.7 Å². The highest BCUT2D eigenvalue weighted by Crippen LogP contribution is 2.33. The number of fused-ring (bicyclic) bond motifs is 1. The number of amides is 1. The molecule has 10 heteroatoms. The van der Waals surface area contributed by atoms with Crippen molar-refractivity contribution in [2.45, 2.75) is 55.2 Å². The Morgan fingerprint density at radius 1 is 1.19 bits per heavy atom. The van der Waals surface area contributed by atoms with Gasteiger partial charge in [0.15, 0.2) is 5.13 Å². The van der Waals surface area contributed by atoms with Crippen LogP contribution in [0.2, 0.25) is 4.34 Å². The lowest BCUT2D eigenvalue weighted by atomic mass is 10.0. The van der Waals surface area contributed by atoms with E-state index in [1.807, 2.05) is 0 Å². The summed E-state index contributed by atoms with van der Waals surface area (Å²) in [6, 6.07) is 2.35. The Morgan fingerprint density at radius 2 is 2.00 bits per heavy atom. The van der Waals surface area contributed by atoms with Crippen molar-refractivity contribution in [2.75, 3.05) is 11.9 Å². The number of thiazole rings is 1. The normalized spacial score (nSPS) is 21.0. The van der Waals surface area contributed by atoms with Crippen LogP contribution in [0.4, 0.5) is 5.13 Å². The molecule has 1 aliphatic carbocycles. The zero-order valence-corrected chi connectivity index (χ0v) is 17.8. The Bertz CT molecular complexity index is 930. The molecule has 1 amide bonds. The monoisotopic (exact) mass is 445 g/mol. The van der Waals surface area contributed by atoms with Crippen LogP contribution < -0.4 is 5.32 Å². The maximum Gasteiger partial charge on any atom is 0.253 e. The van der Waals surface area contributed by atoms with Gasteiger partial charge >= 0.3 is 0 Å². The molecular formula is C17H20ClN3O3S3. The molecule has 6 nitrogen and oxygen atoms in total. The average molecular weight is 446 g/mol. The van der Waals surface area contributed by atoms with Crippen LogP contribution in [0.15, 0.2) is 16.3 Å². The minimum absolute atomic E-state index is 0.178. The fraction of sp³-hybridized carbons (Fsp3) is 0.529. The number of sulfonamides is 1. The zero-order chi connectivity index (χ0) is 19.0. The lowest BCUT2D eigenvalue weighted by molar-refractivity contribution is -0.120. The van der Waals surface area contributed by atoms with Crippen molar-refractivity contribution < 1.29 is 13.2 Å². The highest BCUT2D eigenvalue weighted by Gasteiger charge is 2.38. The van der Waals surface area contributed by atoms with E-state index < -0.39 is 16.1 Å². The molecule has 0 bridgehead atoms. The lowest BCUT2D eigenvalue weighted by Gasteiger charge is -2.32. The molecule has 0 spiro atoms. The van der Waals surface area contributed by atoms with Gasteiger partial charge in [0.1, 0.15) is 10.3 Å². The molecule has 1 aliphatic heterocycles. The number of hydrogen-bond donors (Lipinski definition) is 1. The molecule has 1 saturated heterocycles. The van der Waals surface area contributed by atoms with Gasteiger partial charge in [-0.15, -0.1) is 22.7 Å². The maximum atomic E-state index is 13.0. The molecular weight excluding hydrogens is 426 g/mol. The lowest BCUT2D eigenvalue weighted by Crippen LogP contribution is -2.49. The number of aromatic nitrogens is 1. The van der Waals surface area contributed by atoms with E-state index in [9.17, 15) is 13.2 Å². The second-order valence-electron chi connectivity index (χ2n) is 6.77. The Hall–Kier alpha value is -1.000. The van der Waals surface area contributed by atoms with Crippen molar-refractivity contribution in [3.63, 3.8) is 0 Å². The minimum Gasteiger partial charge on any atom is -0.301 e. The second kappa shape index (κ2) is 7.79. The van der Waals surface area contributed by atoms with Crippen molar-refractivity contribution in [1.82, 2.24) is 9.29 Å². The van der Waals surface area contributed by atoms with Gasteiger partial charge in [-0.25, -0.2) is 13.4 Å². The Morgan fingerprint density at radius 3 is 2.74 bits per heavy atom. The topological polar surface area (TPSA) is 79.4 Å². The third kappa shape index (κ3) is 3.93. The average Bonchev–Trinajstić information content (AvgIpc) is 3.27. The summed E-state index contributed by atoms with van der Waals surface area (Å²) >= 11 is 8.44. The van der Waals surface area contributed by atoms with Gasteiger partial charge in [0.2, 0.25) is 5.91 Å². The molecule has 1 N–H and O–H groups in total. The van der Waals surface area contributed by atoms with E-state index >= 15 is 0 Å². The highest BCUT2D eigenvalue weighted by molar-refractivity contribution is 7.91. The molecule has 2 aromatic heterocycles. The summed E-state index contributed by atoms with van der Waals surface area (Å²) < 4.78 is 27.9. The fourth-order valence-electron chi connectivity index (χ4n) is 3.60. The molecule has 146 valence electrons. The predicted octanol–water partition coefficient (Wildman–Crippen LogP) is 3.92. The minimum atomic E-state index is -3.74. The number of carbonyl (C=O) groups is 1. The van der Waals surface area contributed by atoms with Crippen molar-refractivity contribution in [3.8, 4) is 0 Å². The SMILES string of the molecule is O=C(Nc1nc2c(s1)CCCC2)[C@@H]1CCCCN1S(=O)(=O)c1ccc(Cl)s1. The first-order valence-electron chi connectivity index (χ1n) is 9.02. The largest absolute Gasteiger partial charge is 0.301 e. The molecule has 0 radical (unpaired) electrons. The summed E-state index contributed by atoms with van der Waals surface area (Å²) in [5.41, 5.74) is 1.07. The molecule has 0 aromatic carbocycles. The molecule has 4 rings (SSSR count). The quantitative estimate of drug-likeness (QED) is 0.773. The summed E-state index contributed by atoms with van der Waals surface area (Å²) in [6.45, 7) is 0.338. The summed E-state index contributed by atoms with van der Waals surface area (Å²) in [5, 5.41) is 3.45. The van der Waals surface area contributed by atoms with Gasteiger partial charge in [0.25, 0.3) is 10.0 Å². The van der Waals surface area contributed by atoms with Gasteiger partial charge < -0.3 is 5.32 Å². The number of rotatable bonds is 4. The number of carbonyl (C=O) groups excluding carboxylic acids is 1. The molecule has 1 fully saturated rings. The van der Waals surface area contributed by atoms with Gasteiger partial charge in [0, 0.05) is 11.4 Å². The van der Waals surface area contributed by atoms with E-state index in [1.54, 1.807) is 6.07 Å². The maximum absolute atomic E-state index is 13.0. The van der Waals surface area contributed by atoms with Gasteiger partial charge in [-0.3, -0.25) is 4.79 Å². The first-order valence-corrected chi connectivity index (χ1v) is 12.5. The van der Waals surface area contributed by atoms with E-state index in [4.69, 9.17) is 11.6 Å². The number of aryl methyl sites for hydroxylation is 2. The molecule has 1 atom stereocenters. The molecule has 2 aliphatic rings. The first kappa shape index (κ1) is 19.3. The third-order valence-corrected chi connectivity index (χ3v) is 9.62. The van der Waals surface area contributed by atoms with Crippen LogP contribution in [0, 0.1) is 0 Å². The van der Waals surface area contributed by atoms with Crippen LogP contribution in [-0.4, -0.2) is 36.2 Å². The standard InChI is InChI=1S/C17H20ClN3O3S3/c18-14-8-9-15(26-14)27(23,24)21-10-4-3-6-12(21)16(22)20-17-19-11-5-1-2-7-13(11)25-17/h8-9,12H,1-7,10H2,(H,19,20,22)/t12-/m0/s1. The molecule has 0 unspecified atom stereocenters. The number of anilines is 1. The number of nitrogens with one attached hydrogen (secondary N) is 1. The van der Waals surface area contributed by atoms with Crippen LogP contribution in [0.5, 0.6) is 0 Å². The number of piperidine rings is 1. The Labute approximate surface area is 171 Å². The van der Waals surface area contributed by atoms with Gasteiger partial charge in [0.05, 0.1) is 10.0 Å². The van der Waals surface area contributed by atoms with Gasteiger partial charge in [-0.1, -0.05) is 18.0 Å². The summed E-state index contributed by atoms with van der Waals surface area (Å²) in [5.74, 6) is -0.299. The number of halogens is 1. The fourth-order valence-corrected chi connectivity index (χ4v) is 7.92. The number of nitrogens with zero attached hydrogens (tertiary/aromatic N) is 2. The molecule has 2 aromatic rings. The van der Waals surface area contributed by atoms with Crippen molar-refractivity contribution >= 4 is 55.3 Å². The Balaban J connectivity index is 1.55. The number of thiophene rings is 1. The van der Waals surface area contributed by atoms with Crippen LogP contribution in [0.25, 0.3) is 0 Å². The van der Waals surface area contributed by atoms with Crippen molar-refractivity contribution in [2.24, 2.45) is 0 Å². The highest BCUT2D eigenvalue weighted by atomic mass is 35.5.